The Bertz CT molecular complexity index is 1740. The Hall–Kier alpha value is -3.63. The summed E-state index contributed by atoms with van der Waals surface area (Å²) in [6, 6.07) is 2.37. The molecule has 0 unspecified atom stereocenters. The van der Waals surface area contributed by atoms with Crippen LogP contribution >= 0.6 is 0 Å². The molecule has 0 fully saturated rings. The molecular formula is C33H39FN4O5. The largest absolute Gasteiger partial charge is 0.457 e. The van der Waals surface area contributed by atoms with E-state index in [0.717, 1.165) is 48.0 Å². The topological polar surface area (TPSA) is 117 Å². The highest BCUT2D eigenvalue weighted by atomic mass is 19.1. The summed E-state index contributed by atoms with van der Waals surface area (Å²) in [5.74, 6) is -2.00. The summed E-state index contributed by atoms with van der Waals surface area (Å²) in [7, 11) is 0. The molecular weight excluding hydrogens is 551 g/mol. The normalized spacial score (nSPS) is 21.1. The van der Waals surface area contributed by atoms with E-state index in [0.29, 0.717) is 34.6 Å². The lowest BCUT2D eigenvalue weighted by molar-refractivity contribution is -0.190. The number of benzene rings is 1. The van der Waals surface area contributed by atoms with Gasteiger partial charge in [-0.1, -0.05) is 34.6 Å². The van der Waals surface area contributed by atoms with E-state index in [9.17, 15) is 14.4 Å². The van der Waals surface area contributed by atoms with Gasteiger partial charge in [-0.05, 0) is 68.0 Å². The molecule has 0 saturated heterocycles. The van der Waals surface area contributed by atoms with Crippen molar-refractivity contribution in [2.24, 2.45) is 11.7 Å². The molecule has 2 aromatic heterocycles. The number of nitrogens with two attached hydrogens (primary N) is 1. The Labute approximate surface area is 250 Å². The molecule has 3 atom stereocenters. The van der Waals surface area contributed by atoms with Crippen LogP contribution in [0.3, 0.4) is 0 Å². The van der Waals surface area contributed by atoms with Crippen LogP contribution in [0.25, 0.3) is 22.3 Å². The zero-order chi connectivity index (χ0) is 31.0. The second-order valence-corrected chi connectivity index (χ2v) is 12.2. The number of carbonyl (C=O) groups is 2. The lowest BCUT2D eigenvalue weighted by atomic mass is 9.81. The van der Waals surface area contributed by atoms with Crippen LogP contribution < -0.4 is 11.3 Å². The minimum absolute atomic E-state index is 0.0550. The van der Waals surface area contributed by atoms with Gasteiger partial charge in [0.2, 0.25) is 5.60 Å². The molecule has 4 heterocycles. The van der Waals surface area contributed by atoms with Gasteiger partial charge in [0.1, 0.15) is 18.5 Å². The number of nitrogens with zero attached hydrogens (tertiary/aromatic N) is 3. The van der Waals surface area contributed by atoms with Crippen molar-refractivity contribution < 1.29 is 23.5 Å². The average Bonchev–Trinajstić information content (AvgIpc) is 3.36. The van der Waals surface area contributed by atoms with E-state index in [1.165, 1.54) is 6.07 Å². The van der Waals surface area contributed by atoms with Gasteiger partial charge in [0, 0.05) is 28.6 Å². The average molecular weight is 591 g/mol. The van der Waals surface area contributed by atoms with Crippen molar-refractivity contribution in [1.82, 2.24) is 14.5 Å². The summed E-state index contributed by atoms with van der Waals surface area (Å²) in [5.41, 5.74) is 9.81. The van der Waals surface area contributed by atoms with Crippen LogP contribution in [-0.2, 0) is 44.2 Å². The molecule has 0 bridgehead atoms. The Morgan fingerprint density at radius 3 is 2.58 bits per heavy atom. The summed E-state index contributed by atoms with van der Waals surface area (Å²) < 4.78 is 28.2. The van der Waals surface area contributed by atoms with E-state index < -0.39 is 23.6 Å². The number of fused-ring (bicyclic) bond motifs is 5. The number of aryl methyl sites for hydroxylation is 1. The molecule has 1 aliphatic carbocycles. The van der Waals surface area contributed by atoms with Crippen molar-refractivity contribution in [2.75, 3.05) is 13.1 Å². The van der Waals surface area contributed by atoms with E-state index in [4.69, 9.17) is 20.2 Å². The van der Waals surface area contributed by atoms with Crippen LogP contribution in [0.15, 0.2) is 16.9 Å². The predicted molar refractivity (Wildman–Crippen MR) is 160 cm³/mol. The van der Waals surface area contributed by atoms with Gasteiger partial charge in [-0.25, -0.2) is 14.2 Å². The first kappa shape index (κ1) is 29.4. The van der Waals surface area contributed by atoms with Crippen LogP contribution in [0, 0.1) is 18.7 Å². The molecule has 0 saturated carbocycles. The van der Waals surface area contributed by atoms with Crippen LogP contribution in [0.5, 0.6) is 0 Å². The third-order valence-corrected chi connectivity index (χ3v) is 9.83. The molecule has 0 radical (unpaired) electrons. The number of carbonyl (C=O) groups excluding carboxylic acids is 2. The fourth-order valence-electron chi connectivity index (χ4n) is 7.23. The zero-order valence-electron chi connectivity index (χ0n) is 25.7. The van der Waals surface area contributed by atoms with Gasteiger partial charge in [0.25, 0.3) is 5.56 Å². The quantitative estimate of drug-likeness (QED) is 0.315. The molecule has 0 amide bonds. The van der Waals surface area contributed by atoms with Crippen molar-refractivity contribution in [3.63, 3.8) is 0 Å². The van der Waals surface area contributed by atoms with Crippen LogP contribution in [0.1, 0.15) is 86.9 Å². The summed E-state index contributed by atoms with van der Waals surface area (Å²) in [4.78, 5) is 48.0. The number of rotatable bonds is 7. The SMILES string of the molecule is CCN(CC)[C@H]1CCc2c(C)c(F)cc3nc4c(c1c23)Cn1c-4cc2c(c1=O)COC(=O)[C@@]2(CC)OC(=O)[C@@H](N)C(C)C. The number of esters is 2. The minimum Gasteiger partial charge on any atom is -0.457 e. The molecule has 2 aliphatic heterocycles. The monoisotopic (exact) mass is 590 g/mol. The van der Waals surface area contributed by atoms with Gasteiger partial charge in [0.05, 0.1) is 29.0 Å². The zero-order valence-corrected chi connectivity index (χ0v) is 25.7. The fourth-order valence-corrected chi connectivity index (χ4v) is 7.23. The Kier molecular flexibility index (Phi) is 7.20. The molecule has 3 aliphatic rings. The maximum atomic E-state index is 15.2. The first-order valence-corrected chi connectivity index (χ1v) is 15.3. The van der Waals surface area contributed by atoms with Gasteiger partial charge < -0.3 is 19.8 Å². The maximum Gasteiger partial charge on any atom is 0.355 e. The number of halogens is 1. The van der Waals surface area contributed by atoms with Gasteiger partial charge in [-0.3, -0.25) is 14.5 Å². The summed E-state index contributed by atoms with van der Waals surface area (Å²) in [6.45, 7) is 13.1. The molecule has 43 heavy (non-hydrogen) atoms. The first-order chi connectivity index (χ1) is 20.5. The maximum absolute atomic E-state index is 15.2. The number of pyridine rings is 2. The van der Waals surface area contributed by atoms with Gasteiger partial charge in [0.15, 0.2) is 0 Å². The van der Waals surface area contributed by atoms with E-state index in [1.807, 2.05) is 6.92 Å². The Morgan fingerprint density at radius 1 is 1.21 bits per heavy atom. The Balaban J connectivity index is 1.61. The fraction of sp³-hybridized carbons (Fsp3) is 0.515. The van der Waals surface area contributed by atoms with Gasteiger partial charge in [-0.15, -0.1) is 0 Å². The molecule has 1 aromatic carbocycles. The van der Waals surface area contributed by atoms with Crippen LogP contribution in [-0.4, -0.2) is 45.5 Å². The molecule has 6 rings (SSSR count). The molecule has 2 N–H and O–H groups in total. The third-order valence-electron chi connectivity index (χ3n) is 9.83. The van der Waals surface area contributed by atoms with Crippen molar-refractivity contribution >= 4 is 22.8 Å². The predicted octanol–water partition coefficient (Wildman–Crippen LogP) is 4.39. The van der Waals surface area contributed by atoms with E-state index >= 15 is 4.39 Å². The molecule has 10 heteroatoms. The highest BCUT2D eigenvalue weighted by molar-refractivity contribution is 5.93. The summed E-state index contributed by atoms with van der Waals surface area (Å²) in [6.07, 6.45) is 1.64. The highest BCUT2D eigenvalue weighted by Crippen LogP contribution is 2.47. The first-order valence-electron chi connectivity index (χ1n) is 15.3. The number of cyclic esters (lactones) is 1. The minimum atomic E-state index is -1.82. The molecule has 228 valence electrons. The second-order valence-electron chi connectivity index (χ2n) is 12.2. The van der Waals surface area contributed by atoms with Crippen molar-refractivity contribution in [3.05, 3.63) is 61.7 Å². The van der Waals surface area contributed by atoms with Gasteiger partial charge >= 0.3 is 11.9 Å². The second kappa shape index (κ2) is 10.5. The number of aromatic nitrogens is 2. The standard InChI is InChI=1S/C33H39FN4O5/c1-7-33(43-31(40)28(35)16(4)5)21-12-25-29-19(14-38(25)30(39)20(21)15-42-32(33)41)27-24(37(8-2)9-3)11-10-18-17(6)22(34)13-23(36-29)26(18)27/h12-13,16,24,28H,7-11,14-15,35H2,1-6H3/t24-,28-,33-/m0/s1. The summed E-state index contributed by atoms with van der Waals surface area (Å²) in [5, 5.41) is 0.976. The number of ether oxygens (including phenoxy) is 2. The van der Waals surface area contributed by atoms with E-state index in [-0.39, 0.29) is 41.9 Å². The van der Waals surface area contributed by atoms with E-state index in [2.05, 4.69) is 18.7 Å². The molecule has 3 aromatic rings. The van der Waals surface area contributed by atoms with Crippen LogP contribution in [0.4, 0.5) is 4.39 Å². The number of hydrogen-bond acceptors (Lipinski definition) is 8. The van der Waals surface area contributed by atoms with E-state index in [1.54, 1.807) is 31.4 Å². The van der Waals surface area contributed by atoms with Crippen LogP contribution in [0.2, 0.25) is 0 Å². The van der Waals surface area contributed by atoms with Crippen molar-refractivity contribution in [3.8, 4) is 11.4 Å². The molecule has 9 nitrogen and oxygen atoms in total. The van der Waals surface area contributed by atoms with Crippen molar-refractivity contribution in [2.45, 2.75) is 91.6 Å². The summed E-state index contributed by atoms with van der Waals surface area (Å²) >= 11 is 0. The Morgan fingerprint density at radius 2 is 1.93 bits per heavy atom. The highest BCUT2D eigenvalue weighted by Gasteiger charge is 2.51. The smallest absolute Gasteiger partial charge is 0.355 e. The lowest BCUT2D eigenvalue weighted by Gasteiger charge is -2.36. The number of hydrogen-bond donors (Lipinski definition) is 1. The third kappa shape index (κ3) is 4.17. The van der Waals surface area contributed by atoms with Crippen molar-refractivity contribution in [1.29, 1.82) is 0 Å². The van der Waals surface area contributed by atoms with Gasteiger partial charge in [-0.2, -0.15) is 0 Å². The molecule has 0 spiro atoms. The lowest BCUT2D eigenvalue weighted by Crippen LogP contribution is -2.50.